The zero-order chi connectivity index (χ0) is 14.8. The standard InChI is InChI=1S/C14H24N4O2/c1-11(19)18-7-5-6-17(8-9-18)10-12-15-13(20-16-12)14(2,3)4/h5-10H2,1-4H3. The molecule has 0 saturated carbocycles. The van der Waals surface area contributed by atoms with E-state index in [4.69, 9.17) is 4.52 Å². The second kappa shape index (κ2) is 5.91. The average Bonchev–Trinajstić information content (AvgIpc) is 2.68. The van der Waals surface area contributed by atoms with Gasteiger partial charge in [-0.25, -0.2) is 0 Å². The summed E-state index contributed by atoms with van der Waals surface area (Å²) in [4.78, 5) is 20.0. The van der Waals surface area contributed by atoms with Gasteiger partial charge in [0.15, 0.2) is 5.82 Å². The molecule has 1 fully saturated rings. The van der Waals surface area contributed by atoms with Crippen LogP contribution in [0.5, 0.6) is 0 Å². The zero-order valence-electron chi connectivity index (χ0n) is 12.8. The topological polar surface area (TPSA) is 62.5 Å². The summed E-state index contributed by atoms with van der Waals surface area (Å²) in [6, 6.07) is 0. The van der Waals surface area contributed by atoms with Crippen LogP contribution in [0, 0.1) is 0 Å². The van der Waals surface area contributed by atoms with E-state index in [2.05, 4.69) is 35.8 Å². The van der Waals surface area contributed by atoms with E-state index >= 15 is 0 Å². The van der Waals surface area contributed by atoms with E-state index in [-0.39, 0.29) is 11.3 Å². The minimum Gasteiger partial charge on any atom is -0.342 e. The molecular weight excluding hydrogens is 256 g/mol. The number of carbonyl (C=O) groups is 1. The highest BCUT2D eigenvalue weighted by molar-refractivity contribution is 5.73. The molecule has 6 heteroatoms. The fraction of sp³-hybridized carbons (Fsp3) is 0.786. The maximum Gasteiger partial charge on any atom is 0.232 e. The molecule has 0 spiro atoms. The van der Waals surface area contributed by atoms with Crippen molar-refractivity contribution >= 4 is 5.91 Å². The van der Waals surface area contributed by atoms with Crippen LogP contribution in [-0.4, -0.2) is 52.0 Å². The summed E-state index contributed by atoms with van der Waals surface area (Å²) in [6.45, 7) is 11.9. The number of nitrogens with zero attached hydrogens (tertiary/aromatic N) is 4. The molecule has 20 heavy (non-hydrogen) atoms. The molecule has 2 rings (SSSR count). The lowest BCUT2D eigenvalue weighted by molar-refractivity contribution is -0.128. The monoisotopic (exact) mass is 280 g/mol. The Bertz CT molecular complexity index is 464. The summed E-state index contributed by atoms with van der Waals surface area (Å²) in [5, 5.41) is 4.05. The minimum absolute atomic E-state index is 0.116. The first kappa shape index (κ1) is 15.0. The third kappa shape index (κ3) is 3.79. The Hall–Kier alpha value is -1.43. The Morgan fingerprint density at radius 1 is 1.25 bits per heavy atom. The normalized spacial score (nSPS) is 18.1. The first-order chi connectivity index (χ1) is 9.36. The fourth-order valence-electron chi connectivity index (χ4n) is 2.27. The largest absolute Gasteiger partial charge is 0.342 e. The van der Waals surface area contributed by atoms with E-state index < -0.39 is 0 Å². The molecule has 1 saturated heterocycles. The molecule has 1 aliphatic heterocycles. The fourth-order valence-corrected chi connectivity index (χ4v) is 2.27. The van der Waals surface area contributed by atoms with Gasteiger partial charge in [-0.15, -0.1) is 0 Å². The predicted octanol–water partition coefficient (Wildman–Crippen LogP) is 1.42. The van der Waals surface area contributed by atoms with E-state index in [9.17, 15) is 4.79 Å². The third-order valence-corrected chi connectivity index (χ3v) is 3.51. The maximum atomic E-state index is 11.4. The van der Waals surface area contributed by atoms with Crippen LogP contribution in [-0.2, 0) is 16.8 Å². The molecule has 1 aromatic rings. The van der Waals surface area contributed by atoms with Crippen LogP contribution in [0.3, 0.4) is 0 Å². The van der Waals surface area contributed by atoms with Gasteiger partial charge in [-0.3, -0.25) is 9.69 Å². The van der Waals surface area contributed by atoms with Crippen LogP contribution in [0.25, 0.3) is 0 Å². The number of aromatic nitrogens is 2. The van der Waals surface area contributed by atoms with Crippen LogP contribution in [0.15, 0.2) is 4.52 Å². The van der Waals surface area contributed by atoms with Crippen molar-refractivity contribution < 1.29 is 9.32 Å². The molecule has 0 aliphatic carbocycles. The predicted molar refractivity (Wildman–Crippen MR) is 75.1 cm³/mol. The first-order valence-electron chi connectivity index (χ1n) is 7.17. The molecule has 0 N–H and O–H groups in total. The number of rotatable bonds is 2. The van der Waals surface area contributed by atoms with Crippen molar-refractivity contribution in [1.82, 2.24) is 19.9 Å². The lowest BCUT2D eigenvalue weighted by atomic mass is 9.97. The Kier molecular flexibility index (Phi) is 4.42. The summed E-state index contributed by atoms with van der Waals surface area (Å²) in [5.41, 5.74) is -0.116. The van der Waals surface area contributed by atoms with Crippen LogP contribution in [0.4, 0.5) is 0 Å². The second-order valence-electron chi connectivity index (χ2n) is 6.40. The summed E-state index contributed by atoms with van der Waals surface area (Å²) in [5.74, 6) is 1.56. The van der Waals surface area contributed by atoms with Gasteiger partial charge in [0.2, 0.25) is 11.8 Å². The van der Waals surface area contributed by atoms with Crippen LogP contribution >= 0.6 is 0 Å². The number of hydrogen-bond acceptors (Lipinski definition) is 5. The highest BCUT2D eigenvalue weighted by atomic mass is 16.5. The highest BCUT2D eigenvalue weighted by Crippen LogP contribution is 2.20. The van der Waals surface area contributed by atoms with Crippen molar-refractivity contribution in [3.05, 3.63) is 11.7 Å². The molecular formula is C14H24N4O2. The van der Waals surface area contributed by atoms with Gasteiger partial charge < -0.3 is 9.42 Å². The van der Waals surface area contributed by atoms with Gasteiger partial charge in [0, 0.05) is 38.5 Å². The van der Waals surface area contributed by atoms with Crippen molar-refractivity contribution in [3.8, 4) is 0 Å². The molecule has 0 bridgehead atoms. The molecule has 112 valence electrons. The van der Waals surface area contributed by atoms with Gasteiger partial charge in [0.1, 0.15) is 0 Å². The smallest absolute Gasteiger partial charge is 0.232 e. The van der Waals surface area contributed by atoms with Gasteiger partial charge >= 0.3 is 0 Å². The summed E-state index contributed by atoms with van der Waals surface area (Å²) in [6.07, 6.45) is 0.990. The van der Waals surface area contributed by atoms with Gasteiger partial charge in [-0.2, -0.15) is 4.98 Å². The summed E-state index contributed by atoms with van der Waals surface area (Å²) in [7, 11) is 0. The van der Waals surface area contributed by atoms with E-state index in [1.54, 1.807) is 6.92 Å². The van der Waals surface area contributed by atoms with Crippen molar-refractivity contribution in [2.45, 2.75) is 46.1 Å². The number of carbonyl (C=O) groups excluding carboxylic acids is 1. The van der Waals surface area contributed by atoms with E-state index in [1.165, 1.54) is 0 Å². The zero-order valence-corrected chi connectivity index (χ0v) is 12.8. The Labute approximate surface area is 120 Å². The van der Waals surface area contributed by atoms with Crippen LogP contribution in [0.1, 0.15) is 45.8 Å². The number of hydrogen-bond donors (Lipinski definition) is 0. The first-order valence-corrected chi connectivity index (χ1v) is 7.17. The molecule has 0 aromatic carbocycles. The molecule has 0 unspecified atom stereocenters. The van der Waals surface area contributed by atoms with Crippen molar-refractivity contribution in [2.24, 2.45) is 0 Å². The Morgan fingerprint density at radius 3 is 2.60 bits per heavy atom. The third-order valence-electron chi connectivity index (χ3n) is 3.51. The van der Waals surface area contributed by atoms with Crippen molar-refractivity contribution in [3.63, 3.8) is 0 Å². The minimum atomic E-state index is -0.116. The maximum absolute atomic E-state index is 11.4. The average molecular weight is 280 g/mol. The Morgan fingerprint density at radius 2 is 2.00 bits per heavy atom. The number of amides is 1. The Balaban J connectivity index is 1.93. The van der Waals surface area contributed by atoms with Gasteiger partial charge in [-0.1, -0.05) is 25.9 Å². The molecule has 1 aromatic heterocycles. The molecule has 2 heterocycles. The summed E-state index contributed by atoms with van der Waals surface area (Å²) < 4.78 is 5.31. The molecule has 1 aliphatic rings. The SMILES string of the molecule is CC(=O)N1CCCN(Cc2noc(C(C)(C)C)n2)CC1. The molecule has 0 atom stereocenters. The van der Waals surface area contributed by atoms with Crippen LogP contribution in [0.2, 0.25) is 0 Å². The quantitative estimate of drug-likeness (QED) is 0.820. The van der Waals surface area contributed by atoms with E-state index in [1.807, 2.05) is 4.90 Å². The van der Waals surface area contributed by atoms with Gasteiger partial charge in [0.05, 0.1) is 6.54 Å². The van der Waals surface area contributed by atoms with E-state index in [0.717, 1.165) is 38.4 Å². The van der Waals surface area contributed by atoms with Crippen molar-refractivity contribution in [1.29, 1.82) is 0 Å². The van der Waals surface area contributed by atoms with Gasteiger partial charge in [-0.05, 0) is 6.42 Å². The van der Waals surface area contributed by atoms with Crippen molar-refractivity contribution in [2.75, 3.05) is 26.2 Å². The lowest BCUT2D eigenvalue weighted by Gasteiger charge is -2.19. The highest BCUT2D eigenvalue weighted by Gasteiger charge is 2.23. The van der Waals surface area contributed by atoms with Gasteiger partial charge in [0.25, 0.3) is 0 Å². The molecule has 1 amide bonds. The van der Waals surface area contributed by atoms with E-state index in [0.29, 0.717) is 12.4 Å². The molecule has 6 nitrogen and oxygen atoms in total. The molecule has 0 radical (unpaired) electrons. The van der Waals surface area contributed by atoms with Crippen LogP contribution < -0.4 is 0 Å². The second-order valence-corrected chi connectivity index (χ2v) is 6.40. The lowest BCUT2D eigenvalue weighted by Crippen LogP contribution is -2.33. The summed E-state index contributed by atoms with van der Waals surface area (Å²) >= 11 is 0.